The van der Waals surface area contributed by atoms with E-state index < -0.39 is 0 Å². The van der Waals surface area contributed by atoms with Gasteiger partial charge >= 0.3 is 0 Å². The van der Waals surface area contributed by atoms with E-state index in [1.165, 1.54) is 0 Å². The highest BCUT2D eigenvalue weighted by atomic mass is 15.1. The van der Waals surface area contributed by atoms with Gasteiger partial charge in [0.15, 0.2) is 12.2 Å². The third-order valence-electron chi connectivity index (χ3n) is 1.59. The van der Waals surface area contributed by atoms with Gasteiger partial charge in [-0.15, -0.1) is 0 Å². The highest BCUT2D eigenvalue weighted by Crippen LogP contribution is 2.10. The zero-order valence-corrected chi connectivity index (χ0v) is 6.60. The molecule has 4 nitrogen and oxygen atoms in total. The van der Waals surface area contributed by atoms with Crippen LogP contribution >= 0.6 is 0 Å². The minimum absolute atomic E-state index is 0.789. The number of rotatable bonds is 1. The lowest BCUT2D eigenvalue weighted by Gasteiger charge is -1.97. The molecule has 59 valence electrons. The maximum Gasteiger partial charge on any atom is 0.198 e. The molecule has 2 aromatic heterocycles. The van der Waals surface area contributed by atoms with Crippen LogP contribution in [0.3, 0.4) is 0 Å². The van der Waals surface area contributed by atoms with Crippen LogP contribution in [0.25, 0.3) is 11.5 Å². The number of nitrogens with zero attached hydrogens (tertiary/aromatic N) is 4. The Hall–Kier alpha value is -1.71. The van der Waals surface area contributed by atoms with E-state index in [0.29, 0.717) is 0 Å². The number of imidazole rings is 1. The van der Waals surface area contributed by atoms with Crippen LogP contribution in [0.4, 0.5) is 0 Å². The number of hydrogen-bond acceptors (Lipinski definition) is 3. The first-order valence-electron chi connectivity index (χ1n) is 3.55. The van der Waals surface area contributed by atoms with Crippen molar-refractivity contribution in [1.29, 1.82) is 0 Å². The Morgan fingerprint density at radius 1 is 1.42 bits per heavy atom. The molecule has 0 aliphatic heterocycles. The summed E-state index contributed by atoms with van der Waals surface area (Å²) < 4.78 is 1.90. The quantitative estimate of drug-likeness (QED) is 0.614. The first-order chi connectivity index (χ1) is 5.88. The van der Waals surface area contributed by atoms with E-state index in [4.69, 9.17) is 0 Å². The molecule has 4 heteroatoms. The molecule has 12 heavy (non-hydrogen) atoms. The summed E-state index contributed by atoms with van der Waals surface area (Å²) in [6.45, 7) is 0. The molecule has 0 atom stereocenters. The largest absolute Gasteiger partial charge is 0.333 e. The van der Waals surface area contributed by atoms with Crippen LogP contribution in [-0.4, -0.2) is 19.5 Å². The third-order valence-corrected chi connectivity index (χ3v) is 1.59. The van der Waals surface area contributed by atoms with Crippen LogP contribution in [0, 0.1) is 6.33 Å². The van der Waals surface area contributed by atoms with Gasteiger partial charge in [0.2, 0.25) is 0 Å². The minimum atomic E-state index is 0.789. The Labute approximate surface area is 69.9 Å². The maximum absolute atomic E-state index is 4.14. The Morgan fingerprint density at radius 3 is 2.92 bits per heavy atom. The number of aromatic nitrogens is 4. The van der Waals surface area contributed by atoms with Crippen LogP contribution in [0.15, 0.2) is 24.7 Å². The molecule has 0 saturated heterocycles. The lowest BCUT2D eigenvalue weighted by Crippen LogP contribution is -1.93. The van der Waals surface area contributed by atoms with Crippen molar-refractivity contribution in [2.24, 2.45) is 7.05 Å². The lowest BCUT2D eigenvalue weighted by atomic mass is 10.4. The second-order valence-corrected chi connectivity index (χ2v) is 2.40. The SMILES string of the molecule is Cn1ccnc1-c1ccn[c]n1. The maximum atomic E-state index is 4.14. The van der Waals surface area contributed by atoms with E-state index in [1.807, 2.05) is 17.8 Å². The van der Waals surface area contributed by atoms with Gasteiger partial charge in [-0.3, -0.25) is 0 Å². The molecule has 0 bridgehead atoms. The average Bonchev–Trinajstić information content (AvgIpc) is 2.53. The van der Waals surface area contributed by atoms with Crippen molar-refractivity contribution in [3.63, 3.8) is 0 Å². The predicted octanol–water partition coefficient (Wildman–Crippen LogP) is 0.677. The van der Waals surface area contributed by atoms with Crippen LogP contribution in [0.2, 0.25) is 0 Å². The molecule has 2 rings (SSSR count). The van der Waals surface area contributed by atoms with Gasteiger partial charge in [-0.25, -0.2) is 15.0 Å². The van der Waals surface area contributed by atoms with E-state index >= 15 is 0 Å². The molecule has 0 fully saturated rings. The van der Waals surface area contributed by atoms with Crippen molar-refractivity contribution in [2.45, 2.75) is 0 Å². The van der Waals surface area contributed by atoms with Crippen molar-refractivity contribution in [1.82, 2.24) is 19.5 Å². The molecule has 0 N–H and O–H groups in total. The number of aryl methyl sites for hydroxylation is 1. The van der Waals surface area contributed by atoms with Crippen LogP contribution in [-0.2, 0) is 7.05 Å². The van der Waals surface area contributed by atoms with Crippen molar-refractivity contribution < 1.29 is 0 Å². The Kier molecular flexibility index (Phi) is 1.59. The lowest BCUT2D eigenvalue weighted by molar-refractivity contribution is 0.914. The second-order valence-electron chi connectivity index (χ2n) is 2.40. The van der Waals surface area contributed by atoms with Crippen molar-refractivity contribution in [2.75, 3.05) is 0 Å². The summed E-state index contributed by atoms with van der Waals surface area (Å²) in [5.74, 6) is 0.827. The molecule has 2 heterocycles. The number of hydrogen-bond donors (Lipinski definition) is 0. The zero-order chi connectivity index (χ0) is 8.39. The topological polar surface area (TPSA) is 43.6 Å². The van der Waals surface area contributed by atoms with Gasteiger partial charge in [0, 0.05) is 25.6 Å². The first kappa shape index (κ1) is 6.97. The normalized spacial score (nSPS) is 10.1. The molecular formula is C8H7N4. The molecule has 0 aliphatic rings. The van der Waals surface area contributed by atoms with E-state index in [9.17, 15) is 0 Å². The second kappa shape index (κ2) is 2.73. The van der Waals surface area contributed by atoms with E-state index in [1.54, 1.807) is 18.5 Å². The molecule has 0 saturated carbocycles. The van der Waals surface area contributed by atoms with Crippen molar-refractivity contribution >= 4 is 0 Å². The Bertz CT molecular complexity index is 366. The summed E-state index contributed by atoms with van der Waals surface area (Å²) in [6, 6.07) is 1.80. The molecule has 0 aromatic carbocycles. The highest BCUT2D eigenvalue weighted by molar-refractivity contribution is 5.47. The fourth-order valence-corrected chi connectivity index (χ4v) is 0.998. The minimum Gasteiger partial charge on any atom is -0.333 e. The molecule has 0 unspecified atom stereocenters. The summed E-state index contributed by atoms with van der Waals surface area (Å²) in [7, 11) is 1.92. The summed E-state index contributed by atoms with van der Waals surface area (Å²) in [5, 5.41) is 0. The summed E-state index contributed by atoms with van der Waals surface area (Å²) in [4.78, 5) is 11.8. The van der Waals surface area contributed by atoms with Gasteiger partial charge in [-0.05, 0) is 6.07 Å². The van der Waals surface area contributed by atoms with Gasteiger partial charge in [-0.1, -0.05) is 0 Å². The van der Waals surface area contributed by atoms with Crippen LogP contribution in [0.5, 0.6) is 0 Å². The Balaban J connectivity index is 2.51. The van der Waals surface area contributed by atoms with Crippen LogP contribution < -0.4 is 0 Å². The molecule has 0 aliphatic carbocycles. The van der Waals surface area contributed by atoms with E-state index in [0.717, 1.165) is 11.5 Å². The van der Waals surface area contributed by atoms with Crippen molar-refractivity contribution in [3.8, 4) is 11.5 Å². The van der Waals surface area contributed by atoms with Crippen molar-refractivity contribution in [3.05, 3.63) is 31.0 Å². The van der Waals surface area contributed by atoms with Gasteiger partial charge < -0.3 is 4.57 Å². The fraction of sp³-hybridized carbons (Fsp3) is 0.125. The summed E-state index contributed by atoms with van der Waals surface area (Å²) >= 11 is 0. The van der Waals surface area contributed by atoms with Crippen LogP contribution in [0.1, 0.15) is 0 Å². The fourth-order valence-electron chi connectivity index (χ4n) is 0.998. The average molecular weight is 159 g/mol. The monoisotopic (exact) mass is 159 g/mol. The summed E-state index contributed by atoms with van der Waals surface area (Å²) in [6.07, 6.45) is 7.78. The Morgan fingerprint density at radius 2 is 2.33 bits per heavy atom. The molecule has 1 radical (unpaired) electrons. The predicted molar refractivity (Wildman–Crippen MR) is 43.1 cm³/mol. The smallest absolute Gasteiger partial charge is 0.198 e. The molecule has 0 amide bonds. The first-order valence-corrected chi connectivity index (χ1v) is 3.55. The van der Waals surface area contributed by atoms with Gasteiger partial charge in [0.05, 0.1) is 0 Å². The van der Waals surface area contributed by atoms with Gasteiger partial charge in [0.1, 0.15) is 5.69 Å². The highest BCUT2D eigenvalue weighted by Gasteiger charge is 2.02. The van der Waals surface area contributed by atoms with E-state index in [-0.39, 0.29) is 0 Å². The standard InChI is InChI=1S/C8H7N4/c1-12-5-4-10-8(12)7-2-3-9-6-11-7/h2-5H,1H3. The summed E-state index contributed by atoms with van der Waals surface area (Å²) in [5.41, 5.74) is 0.789. The van der Waals surface area contributed by atoms with Gasteiger partial charge in [0.25, 0.3) is 0 Å². The van der Waals surface area contributed by atoms with E-state index in [2.05, 4.69) is 21.3 Å². The van der Waals surface area contributed by atoms with Gasteiger partial charge in [-0.2, -0.15) is 0 Å². The molecular weight excluding hydrogens is 152 g/mol. The zero-order valence-electron chi connectivity index (χ0n) is 6.60. The third kappa shape index (κ3) is 1.07. The molecule has 0 spiro atoms. The molecule has 2 aromatic rings.